The van der Waals surface area contributed by atoms with E-state index in [0.29, 0.717) is 5.69 Å². The van der Waals surface area contributed by atoms with Gasteiger partial charge in [-0.2, -0.15) is 0 Å². The minimum absolute atomic E-state index is 0.0443. The van der Waals surface area contributed by atoms with Crippen LogP contribution in [0.3, 0.4) is 0 Å². The van der Waals surface area contributed by atoms with Crippen LogP contribution in [0.1, 0.15) is 43.9 Å². The van der Waals surface area contributed by atoms with E-state index in [2.05, 4.69) is 10.3 Å². The maximum atomic E-state index is 12.7. The van der Waals surface area contributed by atoms with Crippen LogP contribution in [0.2, 0.25) is 0 Å². The van der Waals surface area contributed by atoms with E-state index in [1.807, 2.05) is 0 Å². The van der Waals surface area contributed by atoms with Crippen LogP contribution in [0.4, 0.5) is 5.69 Å². The molecule has 1 saturated heterocycles. The fraction of sp³-hybridized carbons (Fsp3) is 0.273. The van der Waals surface area contributed by atoms with Crippen molar-refractivity contribution in [3.05, 3.63) is 59.4 Å². The Morgan fingerprint density at radius 3 is 2.39 bits per heavy atom. The van der Waals surface area contributed by atoms with Crippen molar-refractivity contribution in [1.29, 1.82) is 0 Å². The summed E-state index contributed by atoms with van der Waals surface area (Å²) in [6.45, 7) is -0.505. The molecule has 1 aromatic heterocycles. The van der Waals surface area contributed by atoms with Gasteiger partial charge >= 0.3 is 5.97 Å². The van der Waals surface area contributed by atoms with E-state index in [0.717, 1.165) is 9.80 Å². The van der Waals surface area contributed by atoms with Crippen molar-refractivity contribution in [1.82, 2.24) is 14.8 Å². The number of hydrogen-bond donors (Lipinski definition) is 3. The summed E-state index contributed by atoms with van der Waals surface area (Å²) in [5, 5.41) is 20.2. The predicted octanol–water partition coefficient (Wildman–Crippen LogP) is 0.614. The number of aromatic nitrogens is 1. The lowest BCUT2D eigenvalue weighted by Gasteiger charge is -2.34. The fourth-order valence-corrected chi connectivity index (χ4v) is 3.69. The molecule has 2 aromatic rings. The number of carbonyl (C=O) groups excluding carboxylic acids is 4. The number of amides is 4. The van der Waals surface area contributed by atoms with Crippen molar-refractivity contribution >= 4 is 35.3 Å². The van der Waals surface area contributed by atoms with Crippen LogP contribution >= 0.6 is 0 Å². The monoisotopic (exact) mass is 454 g/mol. The van der Waals surface area contributed by atoms with E-state index in [4.69, 9.17) is 10.2 Å². The number of aliphatic hydroxyl groups is 1. The molecule has 1 aromatic carbocycles. The van der Waals surface area contributed by atoms with Crippen LogP contribution < -0.4 is 5.32 Å². The number of benzene rings is 1. The average molecular weight is 454 g/mol. The minimum Gasteiger partial charge on any atom is -0.478 e. The molecule has 4 rings (SSSR count). The maximum absolute atomic E-state index is 12.7. The van der Waals surface area contributed by atoms with Gasteiger partial charge in [0.25, 0.3) is 17.7 Å². The van der Waals surface area contributed by atoms with Gasteiger partial charge < -0.3 is 15.5 Å². The topological polar surface area (TPSA) is 157 Å². The number of aliphatic hydroxyl groups excluding tert-OH is 1. The van der Waals surface area contributed by atoms with E-state index < -0.39 is 35.6 Å². The van der Waals surface area contributed by atoms with E-state index in [9.17, 15) is 24.0 Å². The quantitative estimate of drug-likeness (QED) is 0.551. The fourth-order valence-electron chi connectivity index (χ4n) is 3.69. The number of anilines is 1. The molecule has 2 aliphatic rings. The van der Waals surface area contributed by atoms with E-state index >= 15 is 0 Å². The number of carboxylic acids is 1. The number of piperidine rings is 1. The number of β-amino-alcohol motifs (C(OH)–C–C–N with tert-alkyl or cyclic N) is 1. The Balaban J connectivity index is 0.000000286. The highest BCUT2D eigenvalue weighted by atomic mass is 16.4. The van der Waals surface area contributed by atoms with Crippen molar-refractivity contribution in [2.45, 2.75) is 18.9 Å². The number of likely N-dealkylation sites (tertiary alicyclic amines) is 1. The van der Waals surface area contributed by atoms with Gasteiger partial charge in [-0.1, -0.05) is 6.07 Å². The van der Waals surface area contributed by atoms with Crippen molar-refractivity contribution in [3.8, 4) is 0 Å². The predicted molar refractivity (Wildman–Crippen MR) is 115 cm³/mol. The molecule has 33 heavy (non-hydrogen) atoms. The molecule has 1 fully saturated rings. The molecule has 11 nitrogen and oxygen atoms in total. The number of nitrogens with one attached hydrogen (secondary N) is 1. The van der Waals surface area contributed by atoms with Gasteiger partial charge in [0.15, 0.2) is 0 Å². The normalized spacial score (nSPS) is 17.5. The zero-order chi connectivity index (χ0) is 24.1. The van der Waals surface area contributed by atoms with Gasteiger partial charge in [-0.15, -0.1) is 0 Å². The Morgan fingerprint density at radius 2 is 1.82 bits per heavy atom. The molecule has 0 spiro atoms. The smallest absolute Gasteiger partial charge is 0.335 e. The molecule has 0 saturated carbocycles. The van der Waals surface area contributed by atoms with E-state index in [1.54, 1.807) is 25.2 Å². The van der Waals surface area contributed by atoms with Crippen molar-refractivity contribution in [2.75, 3.05) is 25.5 Å². The lowest BCUT2D eigenvalue weighted by atomic mass is 10.0. The molecular weight excluding hydrogens is 432 g/mol. The summed E-state index contributed by atoms with van der Waals surface area (Å²) in [5.41, 5.74) is 1.26. The summed E-state index contributed by atoms with van der Waals surface area (Å²) in [6.07, 6.45) is 3.04. The lowest BCUT2D eigenvalue weighted by Crippen LogP contribution is -2.56. The van der Waals surface area contributed by atoms with Gasteiger partial charge in [0.05, 0.1) is 29.8 Å². The Morgan fingerprint density at radius 1 is 1.12 bits per heavy atom. The third-order valence-corrected chi connectivity index (χ3v) is 5.26. The van der Waals surface area contributed by atoms with Crippen molar-refractivity contribution in [3.63, 3.8) is 0 Å². The molecule has 1 atom stereocenters. The Hall–Kier alpha value is -4.12. The molecule has 3 N–H and O–H groups in total. The number of nitrogens with zero attached hydrogens (tertiary/aromatic N) is 3. The summed E-state index contributed by atoms with van der Waals surface area (Å²) in [4.78, 5) is 65.4. The molecule has 2 aliphatic heterocycles. The molecule has 0 aliphatic carbocycles. The Bertz CT molecular complexity index is 1100. The number of rotatable bonds is 5. The number of hydrogen-bond acceptors (Lipinski definition) is 8. The first-order valence-electron chi connectivity index (χ1n) is 10.1. The van der Waals surface area contributed by atoms with Crippen LogP contribution in [-0.2, 0) is 9.59 Å². The highest BCUT2D eigenvalue weighted by Crippen LogP contribution is 2.33. The number of pyridine rings is 1. The average Bonchev–Trinajstić information content (AvgIpc) is 3.08. The first-order valence-corrected chi connectivity index (χ1v) is 10.1. The number of fused-ring (bicyclic) bond motifs is 1. The SMILES string of the molecule is CNc1cccc2c1C(=O)N(C1CCC(=O)N(CCO)C1=O)C2=O.O=C(O)c1ccncc1. The molecular formula is C22H22N4O7. The third-order valence-electron chi connectivity index (χ3n) is 5.26. The molecule has 11 heteroatoms. The van der Waals surface area contributed by atoms with Crippen LogP contribution in [0, 0.1) is 0 Å². The molecule has 3 heterocycles. The van der Waals surface area contributed by atoms with E-state index in [1.165, 1.54) is 24.5 Å². The first kappa shape index (κ1) is 23.5. The summed E-state index contributed by atoms with van der Waals surface area (Å²) in [7, 11) is 1.64. The molecule has 4 amide bonds. The summed E-state index contributed by atoms with van der Waals surface area (Å²) in [5.74, 6) is -3.03. The van der Waals surface area contributed by atoms with Gasteiger partial charge in [-0.05, 0) is 30.7 Å². The second-order valence-corrected chi connectivity index (χ2v) is 7.16. The van der Waals surface area contributed by atoms with Crippen LogP contribution in [-0.4, -0.2) is 80.8 Å². The van der Waals surface area contributed by atoms with Gasteiger partial charge in [0.2, 0.25) is 5.91 Å². The third kappa shape index (κ3) is 4.58. The van der Waals surface area contributed by atoms with Crippen LogP contribution in [0.5, 0.6) is 0 Å². The van der Waals surface area contributed by atoms with Gasteiger partial charge in [-0.25, -0.2) is 4.79 Å². The summed E-state index contributed by atoms with van der Waals surface area (Å²) >= 11 is 0. The van der Waals surface area contributed by atoms with Crippen molar-refractivity contribution < 1.29 is 34.2 Å². The zero-order valence-corrected chi connectivity index (χ0v) is 17.7. The second kappa shape index (κ2) is 10.0. The maximum Gasteiger partial charge on any atom is 0.335 e. The molecule has 0 bridgehead atoms. The van der Waals surface area contributed by atoms with Crippen LogP contribution in [0.15, 0.2) is 42.7 Å². The molecule has 172 valence electrons. The largest absolute Gasteiger partial charge is 0.478 e. The summed E-state index contributed by atoms with van der Waals surface area (Å²) in [6, 6.07) is 6.75. The Kier molecular flexibility index (Phi) is 7.13. The number of aromatic carboxylic acids is 1. The van der Waals surface area contributed by atoms with Gasteiger partial charge in [0, 0.05) is 31.5 Å². The van der Waals surface area contributed by atoms with Crippen molar-refractivity contribution in [2.24, 2.45) is 0 Å². The second-order valence-electron chi connectivity index (χ2n) is 7.16. The standard InChI is InChI=1S/C16H17N3O5.C6H5NO2/c1-17-10-4-2-3-9-13(10)16(24)19(14(9)22)11-5-6-12(21)18(7-8-20)15(11)23;8-6(9)5-1-3-7-4-2-5/h2-4,11,17,20H,5-8H2,1H3;1-4H,(H,8,9). The Labute approximate surface area is 188 Å². The van der Waals surface area contributed by atoms with Gasteiger partial charge in [-0.3, -0.25) is 34.0 Å². The number of carbonyl (C=O) groups is 5. The molecule has 1 unspecified atom stereocenters. The summed E-state index contributed by atoms with van der Waals surface area (Å²) < 4.78 is 0. The van der Waals surface area contributed by atoms with Gasteiger partial charge in [0.1, 0.15) is 6.04 Å². The lowest BCUT2D eigenvalue weighted by molar-refractivity contribution is -0.152. The zero-order valence-electron chi connectivity index (χ0n) is 17.7. The van der Waals surface area contributed by atoms with Crippen LogP contribution in [0.25, 0.3) is 0 Å². The number of carboxylic acid groups (broad SMARTS) is 1. The van der Waals surface area contributed by atoms with E-state index in [-0.39, 0.29) is 42.7 Å². The minimum atomic E-state index is -1.02. The molecule has 0 radical (unpaired) electrons. The first-order chi connectivity index (χ1) is 15.8. The highest BCUT2D eigenvalue weighted by molar-refractivity contribution is 6.25. The number of imide groups is 2. The highest BCUT2D eigenvalue weighted by Gasteiger charge is 2.47.